The van der Waals surface area contributed by atoms with Gasteiger partial charge in [0.25, 0.3) is 5.91 Å². The maximum absolute atomic E-state index is 13.5. The van der Waals surface area contributed by atoms with Crippen molar-refractivity contribution in [1.82, 2.24) is 4.57 Å². The molecular formula is C20H21FN2O2S. The first-order chi connectivity index (χ1) is 12.6. The average Bonchev–Trinajstić information content (AvgIpc) is 2.93. The summed E-state index contributed by atoms with van der Waals surface area (Å²) in [5.41, 5.74) is 2.94. The van der Waals surface area contributed by atoms with Crippen molar-refractivity contribution in [3.05, 3.63) is 64.2 Å². The maximum Gasteiger partial charge on any atom is 0.252 e. The summed E-state index contributed by atoms with van der Waals surface area (Å²) in [4.78, 5) is 17.3. The van der Waals surface area contributed by atoms with Crippen molar-refractivity contribution in [2.24, 2.45) is 4.99 Å². The highest BCUT2D eigenvalue weighted by Crippen LogP contribution is 2.18. The van der Waals surface area contributed by atoms with Gasteiger partial charge in [0.2, 0.25) is 0 Å². The van der Waals surface area contributed by atoms with Crippen LogP contribution in [-0.2, 0) is 22.5 Å². The second-order valence-electron chi connectivity index (χ2n) is 6.01. The highest BCUT2D eigenvalue weighted by molar-refractivity contribution is 7.16. The monoisotopic (exact) mass is 372 g/mol. The van der Waals surface area contributed by atoms with Crippen molar-refractivity contribution in [2.75, 3.05) is 13.2 Å². The Hall–Kier alpha value is -2.31. The number of amides is 1. The molecule has 3 aromatic rings. The zero-order valence-electron chi connectivity index (χ0n) is 14.9. The van der Waals surface area contributed by atoms with Crippen molar-refractivity contribution in [2.45, 2.75) is 26.8 Å². The van der Waals surface area contributed by atoms with Crippen LogP contribution < -0.4 is 4.80 Å². The number of halogens is 1. The van der Waals surface area contributed by atoms with Gasteiger partial charge in [-0.15, -0.1) is 0 Å². The van der Waals surface area contributed by atoms with E-state index in [1.54, 1.807) is 6.07 Å². The molecule has 0 aliphatic carbocycles. The minimum absolute atomic E-state index is 0.217. The van der Waals surface area contributed by atoms with Gasteiger partial charge >= 0.3 is 0 Å². The Kier molecular flexibility index (Phi) is 5.96. The number of hydrogen-bond acceptors (Lipinski definition) is 3. The molecule has 4 nitrogen and oxygen atoms in total. The van der Waals surface area contributed by atoms with Gasteiger partial charge in [-0.2, -0.15) is 4.99 Å². The second-order valence-corrected chi connectivity index (χ2v) is 7.02. The molecule has 1 aromatic heterocycles. The van der Waals surface area contributed by atoms with Gasteiger partial charge in [-0.05, 0) is 37.6 Å². The molecule has 1 heterocycles. The molecule has 0 unspecified atom stereocenters. The zero-order valence-corrected chi connectivity index (χ0v) is 15.7. The number of thiazole rings is 1. The smallest absolute Gasteiger partial charge is 0.252 e. The van der Waals surface area contributed by atoms with E-state index >= 15 is 0 Å². The number of carbonyl (C=O) groups is 1. The van der Waals surface area contributed by atoms with Crippen molar-refractivity contribution in [3.63, 3.8) is 0 Å². The van der Waals surface area contributed by atoms with Crippen LogP contribution in [0.3, 0.4) is 0 Å². The molecule has 0 saturated carbocycles. The number of nitrogens with zero attached hydrogens (tertiary/aromatic N) is 2. The van der Waals surface area contributed by atoms with Gasteiger partial charge in [0.1, 0.15) is 5.82 Å². The first-order valence-electron chi connectivity index (χ1n) is 8.56. The third-order valence-corrected chi connectivity index (χ3v) is 5.05. The SMILES string of the molecule is CCOCCn1c(=NC(=O)Cc2ccc(C)cc2)sc2cc(F)ccc21. The summed E-state index contributed by atoms with van der Waals surface area (Å²) >= 11 is 1.32. The highest BCUT2D eigenvalue weighted by Gasteiger charge is 2.09. The summed E-state index contributed by atoms with van der Waals surface area (Å²) in [6.45, 7) is 5.64. The highest BCUT2D eigenvalue weighted by atomic mass is 32.1. The maximum atomic E-state index is 13.5. The molecule has 6 heteroatoms. The van der Waals surface area contributed by atoms with E-state index in [2.05, 4.69) is 4.99 Å². The van der Waals surface area contributed by atoms with Crippen LogP contribution in [0.5, 0.6) is 0 Å². The van der Waals surface area contributed by atoms with E-state index in [4.69, 9.17) is 4.74 Å². The lowest BCUT2D eigenvalue weighted by molar-refractivity contribution is -0.117. The van der Waals surface area contributed by atoms with Gasteiger partial charge in [-0.1, -0.05) is 41.2 Å². The summed E-state index contributed by atoms with van der Waals surface area (Å²) in [6.07, 6.45) is 0.244. The lowest BCUT2D eigenvalue weighted by atomic mass is 10.1. The third kappa shape index (κ3) is 4.45. The number of ether oxygens (including phenoxy) is 1. The normalized spacial score (nSPS) is 12.0. The van der Waals surface area contributed by atoms with Gasteiger partial charge in [-0.3, -0.25) is 4.79 Å². The third-order valence-electron chi connectivity index (χ3n) is 4.00. The van der Waals surface area contributed by atoms with E-state index in [9.17, 15) is 9.18 Å². The van der Waals surface area contributed by atoms with Crippen LogP contribution in [0, 0.1) is 12.7 Å². The topological polar surface area (TPSA) is 43.6 Å². The van der Waals surface area contributed by atoms with Crippen molar-refractivity contribution < 1.29 is 13.9 Å². The largest absolute Gasteiger partial charge is 0.380 e. The number of aryl methyl sites for hydroxylation is 1. The Morgan fingerprint density at radius 3 is 2.73 bits per heavy atom. The van der Waals surface area contributed by atoms with Crippen molar-refractivity contribution in [1.29, 1.82) is 0 Å². The molecule has 0 atom stereocenters. The van der Waals surface area contributed by atoms with Gasteiger partial charge in [0.05, 0.1) is 23.2 Å². The van der Waals surface area contributed by atoms with Crippen LogP contribution in [0.2, 0.25) is 0 Å². The van der Waals surface area contributed by atoms with E-state index < -0.39 is 0 Å². The Balaban J connectivity index is 1.93. The summed E-state index contributed by atoms with van der Waals surface area (Å²) in [5, 5.41) is 0. The van der Waals surface area contributed by atoms with E-state index in [0.29, 0.717) is 24.6 Å². The molecule has 2 aromatic carbocycles. The minimum Gasteiger partial charge on any atom is -0.380 e. The number of fused-ring (bicyclic) bond motifs is 1. The molecule has 0 saturated heterocycles. The fourth-order valence-electron chi connectivity index (χ4n) is 2.68. The van der Waals surface area contributed by atoms with Gasteiger partial charge in [0.15, 0.2) is 4.80 Å². The number of hydrogen-bond donors (Lipinski definition) is 0. The van der Waals surface area contributed by atoms with Crippen LogP contribution in [0.15, 0.2) is 47.5 Å². The molecule has 26 heavy (non-hydrogen) atoms. The lowest BCUT2D eigenvalue weighted by Gasteiger charge is -2.05. The van der Waals surface area contributed by atoms with E-state index in [-0.39, 0.29) is 18.1 Å². The first-order valence-corrected chi connectivity index (χ1v) is 9.38. The van der Waals surface area contributed by atoms with Crippen LogP contribution in [0.1, 0.15) is 18.1 Å². The first kappa shape index (κ1) is 18.5. The van der Waals surface area contributed by atoms with Crippen molar-refractivity contribution >= 4 is 27.5 Å². The molecule has 136 valence electrons. The number of rotatable bonds is 6. The fourth-order valence-corrected chi connectivity index (χ4v) is 3.77. The molecule has 0 aliphatic rings. The second kappa shape index (κ2) is 8.38. The summed E-state index contributed by atoms with van der Waals surface area (Å²) in [5.74, 6) is -0.515. The summed E-state index contributed by atoms with van der Waals surface area (Å²) in [7, 11) is 0. The van der Waals surface area contributed by atoms with Crippen LogP contribution in [-0.4, -0.2) is 23.7 Å². The van der Waals surface area contributed by atoms with Gasteiger partial charge in [0, 0.05) is 13.2 Å². The quantitative estimate of drug-likeness (QED) is 0.617. The molecule has 0 spiro atoms. The van der Waals surface area contributed by atoms with Crippen LogP contribution in [0.25, 0.3) is 10.2 Å². The van der Waals surface area contributed by atoms with E-state index in [1.165, 1.54) is 23.5 Å². The molecular weight excluding hydrogens is 351 g/mol. The number of benzene rings is 2. The molecule has 0 aliphatic heterocycles. The lowest BCUT2D eigenvalue weighted by Crippen LogP contribution is -2.20. The Morgan fingerprint density at radius 1 is 1.23 bits per heavy atom. The predicted molar refractivity (Wildman–Crippen MR) is 102 cm³/mol. The summed E-state index contributed by atoms with van der Waals surface area (Å²) < 4.78 is 21.7. The fraction of sp³-hybridized carbons (Fsp3) is 0.300. The Bertz CT molecular complexity index is 974. The number of carbonyl (C=O) groups excluding carboxylic acids is 1. The molecule has 0 fully saturated rings. The van der Waals surface area contributed by atoms with Gasteiger partial charge < -0.3 is 9.30 Å². The Labute approximate surface area is 155 Å². The van der Waals surface area contributed by atoms with E-state index in [0.717, 1.165) is 21.3 Å². The molecule has 0 bridgehead atoms. The molecule has 0 N–H and O–H groups in total. The molecule has 1 amide bonds. The summed E-state index contributed by atoms with van der Waals surface area (Å²) in [6, 6.07) is 12.4. The van der Waals surface area contributed by atoms with Crippen LogP contribution in [0.4, 0.5) is 4.39 Å². The van der Waals surface area contributed by atoms with Crippen molar-refractivity contribution in [3.8, 4) is 0 Å². The Morgan fingerprint density at radius 2 is 2.00 bits per heavy atom. The standard InChI is InChI=1S/C20H21FN2O2S/c1-3-25-11-10-23-17-9-8-16(21)13-18(17)26-20(23)22-19(24)12-15-6-4-14(2)5-7-15/h4-9,13H,3,10-12H2,1-2H3. The van der Waals surface area contributed by atoms with Crippen LogP contribution >= 0.6 is 11.3 Å². The number of aromatic nitrogens is 1. The minimum atomic E-state index is -0.298. The zero-order chi connectivity index (χ0) is 18.5. The predicted octanol–water partition coefficient (Wildman–Crippen LogP) is 3.86. The van der Waals surface area contributed by atoms with E-state index in [1.807, 2.05) is 42.7 Å². The average molecular weight is 372 g/mol. The van der Waals surface area contributed by atoms with Gasteiger partial charge in [-0.25, -0.2) is 4.39 Å². The molecule has 3 rings (SSSR count). The molecule has 0 radical (unpaired) electrons.